The number of rotatable bonds is 26. The van der Waals surface area contributed by atoms with E-state index in [-0.39, 0.29) is 0 Å². The summed E-state index contributed by atoms with van der Waals surface area (Å²) < 4.78 is 71.0. The Morgan fingerprint density at radius 3 is 1.09 bits per heavy atom. The van der Waals surface area contributed by atoms with Gasteiger partial charge in [0.05, 0.1) is 13.2 Å². The molecule has 0 radical (unpaired) electrons. The van der Waals surface area contributed by atoms with Gasteiger partial charge >= 0.3 is 33.0 Å². The molecule has 0 atom stereocenters. The second kappa shape index (κ2) is 22.4. The number of nitrogens with two attached hydrogens (primary N) is 1. The Hall–Kier alpha value is -2.19. The van der Waals surface area contributed by atoms with Crippen molar-refractivity contribution in [3.05, 3.63) is 96.1 Å². The summed E-state index contributed by atoms with van der Waals surface area (Å²) in [5.41, 5.74) is 5.24. The summed E-state index contributed by atoms with van der Waals surface area (Å²) in [5.74, 6) is 0. The van der Waals surface area contributed by atoms with Gasteiger partial charge in [0.1, 0.15) is 13.1 Å². The molecule has 264 valence electrons. The average Bonchev–Trinajstić information content (AvgIpc) is 2.99. The van der Waals surface area contributed by atoms with Crippen LogP contribution < -0.4 is 5.32 Å². The van der Waals surface area contributed by atoms with E-state index >= 15 is 0 Å². The van der Waals surface area contributed by atoms with Crippen LogP contribution in [0.3, 0.4) is 0 Å². The van der Waals surface area contributed by atoms with Crippen LogP contribution in [0, 0.1) is 0 Å². The van der Waals surface area contributed by atoms with Gasteiger partial charge in [0.25, 0.3) is 0 Å². The summed E-state index contributed by atoms with van der Waals surface area (Å²) in [5, 5.41) is 2.37. The van der Waals surface area contributed by atoms with E-state index in [0.717, 1.165) is 52.4 Å². The zero-order chi connectivity index (χ0) is 34.1. The Morgan fingerprint density at radius 2 is 0.761 bits per heavy atom. The van der Waals surface area contributed by atoms with Crippen LogP contribution in [0.5, 0.6) is 0 Å². The third-order valence-corrected chi connectivity index (χ3v) is 7.24. The van der Waals surface area contributed by atoms with Gasteiger partial charge in [0.15, 0.2) is 0 Å². The molecule has 0 aliphatic heterocycles. The van der Waals surface area contributed by atoms with Crippen molar-refractivity contribution in [2.45, 2.75) is 116 Å². The van der Waals surface area contributed by atoms with E-state index in [0.29, 0.717) is 0 Å². The number of allylic oxidation sites excluding steroid dienone is 2. The van der Waals surface area contributed by atoms with Crippen LogP contribution in [-0.4, -0.2) is 13.2 Å². The third-order valence-electron chi connectivity index (χ3n) is 7.24. The Labute approximate surface area is 273 Å². The van der Waals surface area contributed by atoms with Gasteiger partial charge in [-0.1, -0.05) is 112 Å². The molecule has 0 saturated heterocycles. The maximum atomic E-state index is 9.87. The molecule has 0 aromatic heterocycles. The number of benzene rings is 2. The number of hydrogen-bond acceptors (Lipinski definition) is 2. The number of halogens is 6. The van der Waals surface area contributed by atoms with Crippen LogP contribution in [0.25, 0.3) is 0 Å². The first-order valence-corrected chi connectivity index (χ1v) is 18.7. The van der Waals surface area contributed by atoms with E-state index in [1.54, 1.807) is 0 Å². The molecule has 0 bridgehead atoms. The zero-order valence-corrected chi connectivity index (χ0v) is 28.3. The van der Waals surface area contributed by atoms with Gasteiger partial charge < -0.3 is 14.8 Å². The van der Waals surface area contributed by atoms with Gasteiger partial charge in [-0.2, -0.15) is 0 Å². The van der Waals surface area contributed by atoms with Crippen LogP contribution in [0.15, 0.2) is 73.8 Å². The third kappa shape index (κ3) is 30.5. The predicted molar refractivity (Wildman–Crippen MR) is 180 cm³/mol. The molecule has 0 saturated carbocycles. The predicted octanol–water partition coefficient (Wildman–Crippen LogP) is 12.2. The van der Waals surface area contributed by atoms with E-state index in [2.05, 4.69) is 67.0 Å². The Morgan fingerprint density at radius 1 is 0.478 bits per heavy atom. The molecule has 2 aromatic carbocycles. The van der Waals surface area contributed by atoms with Crippen molar-refractivity contribution in [2.75, 3.05) is 13.2 Å². The van der Waals surface area contributed by atoms with E-state index in [9.17, 15) is 25.2 Å². The molecule has 2 rings (SSSR count). The molecule has 0 aliphatic rings. The first-order chi connectivity index (χ1) is 21.8. The molecule has 2 N–H and O–H groups in total. The molecule has 3 nitrogen and oxygen atoms in total. The van der Waals surface area contributed by atoms with Crippen LogP contribution in [-0.2, 0) is 35.8 Å². The quantitative estimate of drug-likeness (QED) is 0.0465. The van der Waals surface area contributed by atoms with Crippen LogP contribution in [0.1, 0.15) is 112 Å². The molecule has 46 heavy (non-hydrogen) atoms. The molecule has 2 aromatic rings. The minimum atomic E-state index is -10.7. The molecule has 0 fully saturated rings. The average molecular weight is 680 g/mol. The summed E-state index contributed by atoms with van der Waals surface area (Å²) in [4.78, 5) is 0. The maximum absolute atomic E-state index is 10.7. The Kier molecular flexibility index (Phi) is 20.4. The molecular weight excluding hydrogens is 623 g/mol. The van der Waals surface area contributed by atoms with Gasteiger partial charge in [0, 0.05) is 24.3 Å². The number of quaternary nitrogens is 1. The summed E-state index contributed by atoms with van der Waals surface area (Å²) in [6.07, 6.45) is 21.8. The van der Waals surface area contributed by atoms with Gasteiger partial charge in [-0.15, -0.1) is 13.2 Å². The molecule has 0 spiro atoms. The van der Waals surface area contributed by atoms with Gasteiger partial charge in [-0.3, -0.25) is 0 Å². The first-order valence-electron chi connectivity index (χ1n) is 16.7. The second-order valence-corrected chi connectivity index (χ2v) is 13.7. The van der Waals surface area contributed by atoms with E-state index in [4.69, 9.17) is 9.47 Å². The monoisotopic (exact) mass is 679 g/mol. The van der Waals surface area contributed by atoms with E-state index in [1.807, 2.05) is 12.2 Å². The normalized spacial score (nSPS) is 12.9. The first kappa shape index (κ1) is 41.8. The van der Waals surface area contributed by atoms with Crippen molar-refractivity contribution in [1.82, 2.24) is 0 Å². The van der Waals surface area contributed by atoms with Crippen molar-refractivity contribution in [3.63, 3.8) is 0 Å². The fourth-order valence-electron chi connectivity index (χ4n) is 4.73. The van der Waals surface area contributed by atoms with E-state index in [1.165, 1.54) is 99.3 Å². The standard InChI is InChI=1S/C36H55NO2.F6P/c1-3-5-7-9-11-13-15-17-27-38-31-35-23-19-33(20-24-35)29-37-30-34-21-25-36(26-22-34)32-39-28-18-16-14-12-10-8-6-4-2;1-7(2,3,4,5)6/h3-4,19-26,37H,1-2,5-18,27-32H2;/q;-1/p+1. The van der Waals surface area contributed by atoms with Gasteiger partial charge in [0.2, 0.25) is 0 Å². The second-order valence-electron chi connectivity index (χ2n) is 11.8. The van der Waals surface area contributed by atoms with Crippen LogP contribution in [0.4, 0.5) is 25.2 Å². The van der Waals surface area contributed by atoms with Crippen molar-refractivity contribution in [2.24, 2.45) is 0 Å². The van der Waals surface area contributed by atoms with Crippen molar-refractivity contribution >= 4 is 7.81 Å². The SMILES string of the molecule is C=CCCCCCCCCOCc1ccc(C[NH2+]Cc2ccc(COCCCCCCCCC=C)cc2)cc1.F[P-](F)(F)(F)(F)F. The van der Waals surface area contributed by atoms with Gasteiger partial charge in [-0.05, 0) is 49.7 Å². The molecule has 0 amide bonds. The summed E-state index contributed by atoms with van der Waals surface area (Å²) >= 11 is 0. The van der Waals surface area contributed by atoms with Crippen molar-refractivity contribution in [3.8, 4) is 0 Å². The minimum absolute atomic E-state index is 0.718. The number of ether oxygens (including phenoxy) is 2. The van der Waals surface area contributed by atoms with Crippen molar-refractivity contribution in [1.29, 1.82) is 0 Å². The zero-order valence-electron chi connectivity index (χ0n) is 27.4. The summed E-state index contributed by atoms with van der Waals surface area (Å²) in [6.45, 7) is 12.7. The molecule has 0 aliphatic carbocycles. The van der Waals surface area contributed by atoms with Gasteiger partial charge in [-0.25, -0.2) is 0 Å². The fraction of sp³-hybridized carbons (Fsp3) is 0.556. The molecule has 0 heterocycles. The Bertz CT molecular complexity index is 979. The molecule has 0 unspecified atom stereocenters. The number of hydrogen-bond donors (Lipinski definition) is 1. The van der Waals surface area contributed by atoms with E-state index < -0.39 is 7.81 Å². The molecular formula is C36H56F6NO2P. The topological polar surface area (TPSA) is 35.1 Å². The fourth-order valence-corrected chi connectivity index (χ4v) is 4.73. The Balaban J connectivity index is 0.00000135. The number of unbranched alkanes of at least 4 members (excludes halogenated alkanes) is 12. The van der Waals surface area contributed by atoms with Crippen LogP contribution >= 0.6 is 7.81 Å². The molecule has 10 heteroatoms. The summed E-state index contributed by atoms with van der Waals surface area (Å²) in [6, 6.07) is 17.8. The van der Waals surface area contributed by atoms with Crippen molar-refractivity contribution < 1.29 is 40.0 Å². The van der Waals surface area contributed by atoms with Crippen LogP contribution in [0.2, 0.25) is 0 Å². The summed E-state index contributed by atoms with van der Waals surface area (Å²) in [7, 11) is -10.7.